The van der Waals surface area contributed by atoms with Crippen molar-refractivity contribution in [1.82, 2.24) is 15.1 Å². The molecule has 0 spiro atoms. The molecule has 1 aliphatic carbocycles. The van der Waals surface area contributed by atoms with Gasteiger partial charge in [-0.3, -0.25) is 4.79 Å². The lowest BCUT2D eigenvalue weighted by molar-refractivity contribution is 0.0920. The number of amides is 1. The van der Waals surface area contributed by atoms with Crippen LogP contribution in [0.5, 0.6) is 0 Å². The molecule has 3 aromatic rings. The Kier molecular flexibility index (Phi) is 5.24. The molecule has 0 radical (unpaired) electrons. The lowest BCUT2D eigenvalue weighted by Crippen LogP contribution is -2.37. The molecule has 4 nitrogen and oxygen atoms in total. The molecule has 0 unspecified atom stereocenters. The average Bonchev–Trinajstić information content (AvgIpc) is 3.15. The first-order valence-corrected chi connectivity index (χ1v) is 9.85. The number of carbonyl (C=O) groups excluding carboxylic acids is 1. The van der Waals surface area contributed by atoms with Gasteiger partial charge in [-0.1, -0.05) is 49.1 Å². The third-order valence-electron chi connectivity index (χ3n) is 5.31. The number of rotatable bonds is 4. The monoisotopic (exact) mass is 377 g/mol. The van der Waals surface area contributed by atoms with Gasteiger partial charge in [0.25, 0.3) is 5.91 Å². The maximum atomic E-state index is 14.3. The number of nitrogens with zero attached hydrogens (tertiary/aromatic N) is 2. The van der Waals surface area contributed by atoms with Gasteiger partial charge in [-0.15, -0.1) is 0 Å². The molecular formula is C23H24FN3O. The van der Waals surface area contributed by atoms with Crippen molar-refractivity contribution in [2.24, 2.45) is 0 Å². The van der Waals surface area contributed by atoms with Gasteiger partial charge in [0.1, 0.15) is 11.5 Å². The SMILES string of the molecule is Cc1ccc(-n2nc(-c3ccccc3F)cc2C(=O)NC2CCCCC2)cc1. The van der Waals surface area contributed by atoms with Crippen LogP contribution in [0.4, 0.5) is 4.39 Å². The van der Waals surface area contributed by atoms with Gasteiger partial charge in [-0.2, -0.15) is 5.10 Å². The Morgan fingerprint density at radius 1 is 1.07 bits per heavy atom. The van der Waals surface area contributed by atoms with Crippen LogP contribution in [0.3, 0.4) is 0 Å². The molecule has 1 fully saturated rings. The molecule has 0 atom stereocenters. The topological polar surface area (TPSA) is 46.9 Å². The third-order valence-corrected chi connectivity index (χ3v) is 5.31. The van der Waals surface area contributed by atoms with Crippen LogP contribution in [0.15, 0.2) is 54.6 Å². The molecule has 1 N–H and O–H groups in total. The third kappa shape index (κ3) is 3.84. The summed E-state index contributed by atoms with van der Waals surface area (Å²) in [5.74, 6) is -0.516. The molecule has 5 heteroatoms. The Bertz CT molecular complexity index is 972. The molecule has 1 aromatic heterocycles. The van der Waals surface area contributed by atoms with Crippen LogP contribution in [-0.2, 0) is 0 Å². The number of halogens is 1. The van der Waals surface area contributed by atoms with E-state index < -0.39 is 0 Å². The van der Waals surface area contributed by atoms with Crippen molar-refractivity contribution in [2.75, 3.05) is 0 Å². The van der Waals surface area contributed by atoms with Gasteiger partial charge in [0, 0.05) is 11.6 Å². The summed E-state index contributed by atoms with van der Waals surface area (Å²) in [5, 5.41) is 7.71. The second-order valence-corrected chi connectivity index (χ2v) is 7.45. The summed E-state index contributed by atoms with van der Waals surface area (Å²) in [5.41, 5.74) is 3.17. The van der Waals surface area contributed by atoms with Crippen LogP contribution >= 0.6 is 0 Å². The molecule has 0 aliphatic heterocycles. The lowest BCUT2D eigenvalue weighted by Gasteiger charge is -2.22. The highest BCUT2D eigenvalue weighted by Gasteiger charge is 2.22. The highest BCUT2D eigenvalue weighted by atomic mass is 19.1. The first-order valence-electron chi connectivity index (χ1n) is 9.85. The van der Waals surface area contributed by atoms with E-state index in [9.17, 15) is 9.18 Å². The van der Waals surface area contributed by atoms with Gasteiger partial charge < -0.3 is 5.32 Å². The van der Waals surface area contributed by atoms with Crippen molar-refractivity contribution in [1.29, 1.82) is 0 Å². The van der Waals surface area contributed by atoms with Crippen LogP contribution in [0, 0.1) is 12.7 Å². The van der Waals surface area contributed by atoms with Gasteiger partial charge in [-0.25, -0.2) is 9.07 Å². The van der Waals surface area contributed by atoms with Crippen molar-refractivity contribution < 1.29 is 9.18 Å². The van der Waals surface area contributed by atoms with Crippen molar-refractivity contribution >= 4 is 5.91 Å². The number of benzene rings is 2. The van der Waals surface area contributed by atoms with E-state index in [1.54, 1.807) is 28.9 Å². The number of hydrogen-bond acceptors (Lipinski definition) is 2. The first kappa shape index (κ1) is 18.4. The van der Waals surface area contributed by atoms with E-state index in [1.165, 1.54) is 12.5 Å². The summed E-state index contributed by atoms with van der Waals surface area (Å²) in [4.78, 5) is 13.0. The van der Waals surface area contributed by atoms with Crippen molar-refractivity contribution in [3.63, 3.8) is 0 Å². The normalized spacial score (nSPS) is 14.8. The maximum Gasteiger partial charge on any atom is 0.270 e. The molecule has 2 aromatic carbocycles. The minimum Gasteiger partial charge on any atom is -0.348 e. The summed E-state index contributed by atoms with van der Waals surface area (Å²) in [6.45, 7) is 2.01. The fourth-order valence-electron chi connectivity index (χ4n) is 3.73. The summed E-state index contributed by atoms with van der Waals surface area (Å²) in [6, 6.07) is 16.2. The molecule has 0 saturated heterocycles. The van der Waals surface area contributed by atoms with Gasteiger partial charge in [0.05, 0.1) is 11.4 Å². The second-order valence-electron chi connectivity index (χ2n) is 7.45. The summed E-state index contributed by atoms with van der Waals surface area (Å²) < 4.78 is 15.9. The maximum absolute atomic E-state index is 14.3. The molecule has 4 rings (SSSR count). The lowest BCUT2D eigenvalue weighted by atomic mass is 9.95. The molecule has 144 valence electrons. The van der Waals surface area contributed by atoms with E-state index in [-0.39, 0.29) is 17.8 Å². The van der Waals surface area contributed by atoms with Gasteiger partial charge in [0.2, 0.25) is 0 Å². The smallest absolute Gasteiger partial charge is 0.270 e. The largest absolute Gasteiger partial charge is 0.348 e. The number of nitrogens with one attached hydrogen (secondary N) is 1. The van der Waals surface area contributed by atoms with Crippen LogP contribution in [0.1, 0.15) is 48.2 Å². The minimum atomic E-state index is -0.352. The van der Waals surface area contributed by atoms with E-state index in [2.05, 4.69) is 10.4 Å². The minimum absolute atomic E-state index is 0.164. The van der Waals surface area contributed by atoms with Crippen molar-refractivity contribution in [2.45, 2.75) is 45.1 Å². The highest BCUT2D eigenvalue weighted by molar-refractivity contribution is 5.94. The predicted octanol–water partition coefficient (Wildman–Crippen LogP) is 5.05. The van der Waals surface area contributed by atoms with Crippen molar-refractivity contribution in [3.8, 4) is 16.9 Å². The van der Waals surface area contributed by atoms with E-state index in [0.717, 1.165) is 36.9 Å². The molecule has 0 bridgehead atoms. The standard InChI is InChI=1S/C23H24FN3O/c1-16-11-13-18(14-12-16)27-22(23(28)25-17-7-3-2-4-8-17)15-21(26-27)19-9-5-6-10-20(19)24/h5-6,9-15,17H,2-4,7-8H2,1H3,(H,25,28). The highest BCUT2D eigenvalue weighted by Crippen LogP contribution is 2.25. The van der Waals surface area contributed by atoms with E-state index in [1.807, 2.05) is 31.2 Å². The fraction of sp³-hybridized carbons (Fsp3) is 0.304. The second kappa shape index (κ2) is 7.97. The molecule has 1 saturated carbocycles. The Balaban J connectivity index is 1.73. The number of hydrogen-bond donors (Lipinski definition) is 1. The van der Waals surface area contributed by atoms with Crippen LogP contribution in [0.2, 0.25) is 0 Å². The zero-order valence-corrected chi connectivity index (χ0v) is 16.0. The summed E-state index contributed by atoms with van der Waals surface area (Å²) in [6.07, 6.45) is 5.52. The number of carbonyl (C=O) groups is 1. The van der Waals surface area contributed by atoms with Gasteiger partial charge in [0.15, 0.2) is 0 Å². The quantitative estimate of drug-likeness (QED) is 0.692. The number of aromatic nitrogens is 2. The zero-order chi connectivity index (χ0) is 19.5. The van der Waals surface area contributed by atoms with E-state index >= 15 is 0 Å². The van der Waals surface area contributed by atoms with Crippen LogP contribution in [-0.4, -0.2) is 21.7 Å². The Morgan fingerprint density at radius 2 is 1.79 bits per heavy atom. The Labute approximate surface area is 164 Å². The Morgan fingerprint density at radius 3 is 2.50 bits per heavy atom. The van der Waals surface area contributed by atoms with Crippen molar-refractivity contribution in [3.05, 3.63) is 71.7 Å². The van der Waals surface area contributed by atoms with Gasteiger partial charge in [-0.05, 0) is 50.1 Å². The predicted molar refractivity (Wildman–Crippen MR) is 108 cm³/mol. The Hall–Kier alpha value is -2.95. The van der Waals surface area contributed by atoms with E-state index in [0.29, 0.717) is 17.0 Å². The fourth-order valence-corrected chi connectivity index (χ4v) is 3.73. The average molecular weight is 377 g/mol. The van der Waals surface area contributed by atoms with Crippen LogP contribution in [0.25, 0.3) is 16.9 Å². The van der Waals surface area contributed by atoms with Gasteiger partial charge >= 0.3 is 0 Å². The van der Waals surface area contributed by atoms with E-state index in [4.69, 9.17) is 0 Å². The number of aryl methyl sites for hydroxylation is 1. The summed E-state index contributed by atoms with van der Waals surface area (Å²) in [7, 11) is 0. The molecule has 28 heavy (non-hydrogen) atoms. The molecule has 1 amide bonds. The zero-order valence-electron chi connectivity index (χ0n) is 16.0. The summed E-state index contributed by atoms with van der Waals surface area (Å²) >= 11 is 0. The molecule has 1 heterocycles. The van der Waals surface area contributed by atoms with Crippen LogP contribution < -0.4 is 5.32 Å². The molecule has 1 aliphatic rings. The first-order chi connectivity index (χ1) is 13.6. The molecular weight excluding hydrogens is 353 g/mol.